The van der Waals surface area contributed by atoms with Crippen molar-refractivity contribution in [3.8, 4) is 5.75 Å². The number of methoxy groups -OCH3 is 1. The normalized spacial score (nSPS) is 15.3. The molecule has 0 bridgehead atoms. The van der Waals surface area contributed by atoms with Crippen molar-refractivity contribution in [1.82, 2.24) is 10.2 Å². The van der Waals surface area contributed by atoms with E-state index in [0.29, 0.717) is 17.7 Å². The Labute approximate surface area is 240 Å². The molecule has 0 spiro atoms. The molecule has 0 unspecified atom stereocenters. The number of piperidine rings is 1. The van der Waals surface area contributed by atoms with Crippen molar-refractivity contribution < 1.29 is 14.3 Å². The van der Waals surface area contributed by atoms with E-state index in [1.54, 1.807) is 7.11 Å². The molecular weight excluding hydrogens is 508 g/mol. The number of halogens is 1. The quantitative estimate of drug-likeness (QED) is 0.223. The van der Waals surface area contributed by atoms with Gasteiger partial charge in [-0.1, -0.05) is 36.4 Å². The standard InChI is InChI=1S/C33H45ClN2O3/c1-22(2)35-33(37)21-31(25(5)27-11-9-24(4)32(34)19-27)26(6)30-20-29(12-10-23(30)3)39-18-8-15-36-16-13-28(38-7)14-17-36/h9-12,19-20,22,28H,5,8,13-18,21H2,1-4,6-7H3,(H,35,37)/b31-26-. The van der Waals surface area contributed by atoms with Gasteiger partial charge in [0.25, 0.3) is 0 Å². The molecule has 212 valence electrons. The largest absolute Gasteiger partial charge is 0.494 e. The van der Waals surface area contributed by atoms with Crippen molar-refractivity contribution in [1.29, 1.82) is 0 Å². The van der Waals surface area contributed by atoms with Gasteiger partial charge in [-0.2, -0.15) is 0 Å². The van der Waals surface area contributed by atoms with E-state index in [-0.39, 0.29) is 18.4 Å². The summed E-state index contributed by atoms with van der Waals surface area (Å²) in [7, 11) is 1.80. The van der Waals surface area contributed by atoms with Crippen LogP contribution in [-0.2, 0) is 9.53 Å². The van der Waals surface area contributed by atoms with Crippen LogP contribution in [0.25, 0.3) is 11.1 Å². The lowest BCUT2D eigenvalue weighted by Crippen LogP contribution is -2.37. The molecule has 1 heterocycles. The number of ether oxygens (including phenoxy) is 2. The van der Waals surface area contributed by atoms with Gasteiger partial charge in [0.1, 0.15) is 5.75 Å². The van der Waals surface area contributed by atoms with Gasteiger partial charge in [0.2, 0.25) is 5.91 Å². The Balaban J connectivity index is 1.79. The Bertz CT molecular complexity index is 1180. The van der Waals surface area contributed by atoms with Crippen LogP contribution >= 0.6 is 11.6 Å². The van der Waals surface area contributed by atoms with Crippen LogP contribution in [0.2, 0.25) is 5.02 Å². The van der Waals surface area contributed by atoms with Crippen LogP contribution in [-0.4, -0.2) is 56.3 Å². The molecule has 2 aromatic rings. The number of allylic oxidation sites excluding steroid dienone is 2. The van der Waals surface area contributed by atoms with Crippen LogP contribution < -0.4 is 10.1 Å². The van der Waals surface area contributed by atoms with Crippen LogP contribution in [0.15, 0.2) is 48.6 Å². The molecule has 2 aromatic carbocycles. The molecule has 3 rings (SSSR count). The molecule has 1 amide bonds. The van der Waals surface area contributed by atoms with Crippen molar-refractivity contribution in [3.63, 3.8) is 0 Å². The first-order chi connectivity index (χ1) is 18.6. The number of benzene rings is 2. The Morgan fingerprint density at radius 3 is 2.46 bits per heavy atom. The summed E-state index contributed by atoms with van der Waals surface area (Å²) in [5, 5.41) is 3.71. The fourth-order valence-corrected chi connectivity index (χ4v) is 5.24. The minimum atomic E-state index is -0.0294. The third kappa shape index (κ3) is 8.96. The van der Waals surface area contributed by atoms with Crippen molar-refractivity contribution >= 4 is 28.7 Å². The predicted molar refractivity (Wildman–Crippen MR) is 163 cm³/mol. The Hall–Kier alpha value is -2.60. The molecule has 6 heteroatoms. The summed E-state index contributed by atoms with van der Waals surface area (Å²) in [6, 6.07) is 12.2. The maximum absolute atomic E-state index is 12.9. The van der Waals surface area contributed by atoms with Gasteiger partial charge in [0.15, 0.2) is 0 Å². The molecule has 0 atom stereocenters. The van der Waals surface area contributed by atoms with E-state index < -0.39 is 0 Å². The number of aryl methyl sites for hydroxylation is 2. The summed E-state index contributed by atoms with van der Waals surface area (Å²) in [4.78, 5) is 15.4. The van der Waals surface area contributed by atoms with E-state index in [1.807, 2.05) is 45.0 Å². The van der Waals surface area contributed by atoms with Crippen molar-refractivity contribution in [3.05, 3.63) is 75.8 Å². The molecule has 5 nitrogen and oxygen atoms in total. The average molecular weight is 553 g/mol. The Morgan fingerprint density at radius 2 is 1.82 bits per heavy atom. The van der Waals surface area contributed by atoms with E-state index in [2.05, 4.69) is 42.8 Å². The lowest BCUT2D eigenvalue weighted by molar-refractivity contribution is -0.120. The first kappa shape index (κ1) is 30.9. The van der Waals surface area contributed by atoms with Gasteiger partial charge < -0.3 is 19.7 Å². The summed E-state index contributed by atoms with van der Waals surface area (Å²) in [6.07, 6.45) is 3.81. The van der Waals surface area contributed by atoms with E-state index >= 15 is 0 Å². The van der Waals surface area contributed by atoms with Crippen molar-refractivity contribution in [2.75, 3.05) is 33.4 Å². The topological polar surface area (TPSA) is 50.8 Å². The van der Waals surface area contributed by atoms with E-state index in [0.717, 1.165) is 83.6 Å². The number of nitrogens with zero attached hydrogens (tertiary/aromatic N) is 1. The second-order valence-electron chi connectivity index (χ2n) is 10.9. The second-order valence-corrected chi connectivity index (χ2v) is 11.3. The summed E-state index contributed by atoms with van der Waals surface area (Å²) in [6.45, 7) is 18.3. The fraction of sp³-hybridized carbons (Fsp3) is 0.485. The number of hydrogen-bond donors (Lipinski definition) is 1. The van der Waals surface area contributed by atoms with Gasteiger partial charge in [-0.25, -0.2) is 0 Å². The van der Waals surface area contributed by atoms with Crippen LogP contribution in [0.1, 0.15) is 68.7 Å². The van der Waals surface area contributed by atoms with Crippen molar-refractivity contribution in [2.24, 2.45) is 0 Å². The molecule has 0 radical (unpaired) electrons. The third-order valence-electron chi connectivity index (χ3n) is 7.49. The summed E-state index contributed by atoms with van der Waals surface area (Å²) in [5.74, 6) is 0.807. The SMILES string of the molecule is C=C(/C(CC(=O)NC(C)C)=C(/C)c1cc(OCCCN2CCC(OC)CC2)ccc1C)c1ccc(C)c(Cl)c1. The van der Waals surface area contributed by atoms with Crippen molar-refractivity contribution in [2.45, 2.75) is 72.4 Å². The number of rotatable bonds is 12. The number of likely N-dealkylation sites (tertiary alicyclic amines) is 1. The van der Waals surface area contributed by atoms with Gasteiger partial charge in [0.05, 0.1) is 19.1 Å². The highest BCUT2D eigenvalue weighted by Gasteiger charge is 2.19. The van der Waals surface area contributed by atoms with Gasteiger partial charge in [-0.15, -0.1) is 0 Å². The van der Waals surface area contributed by atoms with Crippen LogP contribution in [0, 0.1) is 13.8 Å². The zero-order chi connectivity index (χ0) is 28.5. The molecule has 0 aliphatic carbocycles. The Morgan fingerprint density at radius 1 is 1.13 bits per heavy atom. The average Bonchev–Trinajstić information content (AvgIpc) is 2.91. The zero-order valence-corrected chi connectivity index (χ0v) is 25.3. The van der Waals surface area contributed by atoms with Crippen LogP contribution in [0.4, 0.5) is 0 Å². The molecule has 0 saturated carbocycles. The molecule has 39 heavy (non-hydrogen) atoms. The lowest BCUT2D eigenvalue weighted by Gasteiger charge is -2.31. The minimum Gasteiger partial charge on any atom is -0.494 e. The first-order valence-electron chi connectivity index (χ1n) is 14.0. The number of carbonyl (C=O) groups is 1. The van der Waals surface area contributed by atoms with Gasteiger partial charge in [0, 0.05) is 37.8 Å². The minimum absolute atomic E-state index is 0.0294. The third-order valence-corrected chi connectivity index (χ3v) is 7.90. The molecule has 1 N–H and O–H groups in total. The highest BCUT2D eigenvalue weighted by Crippen LogP contribution is 2.35. The van der Waals surface area contributed by atoms with Gasteiger partial charge >= 0.3 is 0 Å². The molecule has 1 aliphatic rings. The zero-order valence-electron chi connectivity index (χ0n) is 24.5. The highest BCUT2D eigenvalue weighted by atomic mass is 35.5. The highest BCUT2D eigenvalue weighted by molar-refractivity contribution is 6.31. The maximum atomic E-state index is 12.9. The summed E-state index contributed by atoms with van der Waals surface area (Å²) >= 11 is 6.44. The van der Waals surface area contributed by atoms with E-state index in [1.165, 1.54) is 0 Å². The molecule has 1 aliphatic heterocycles. The van der Waals surface area contributed by atoms with Crippen LogP contribution in [0.5, 0.6) is 5.75 Å². The number of carbonyl (C=O) groups excluding carboxylic acids is 1. The molecule has 1 saturated heterocycles. The summed E-state index contributed by atoms with van der Waals surface area (Å²) < 4.78 is 11.7. The smallest absolute Gasteiger partial charge is 0.224 e. The summed E-state index contributed by atoms with van der Waals surface area (Å²) in [5.41, 5.74) is 6.81. The number of nitrogens with one attached hydrogen (secondary N) is 1. The van der Waals surface area contributed by atoms with Gasteiger partial charge in [-0.05, 0) is 111 Å². The molecule has 0 aromatic heterocycles. The number of hydrogen-bond acceptors (Lipinski definition) is 4. The van der Waals surface area contributed by atoms with E-state index in [4.69, 9.17) is 21.1 Å². The first-order valence-corrected chi connectivity index (χ1v) is 14.4. The number of amides is 1. The predicted octanol–water partition coefficient (Wildman–Crippen LogP) is 7.24. The second kappa shape index (κ2) is 14.7. The monoisotopic (exact) mass is 552 g/mol. The van der Waals surface area contributed by atoms with Gasteiger partial charge in [-0.3, -0.25) is 4.79 Å². The fourth-order valence-electron chi connectivity index (χ4n) is 5.06. The molecular formula is C33H45ClN2O3. The van der Waals surface area contributed by atoms with E-state index in [9.17, 15) is 4.79 Å². The van der Waals surface area contributed by atoms with Crippen LogP contribution in [0.3, 0.4) is 0 Å². The Kier molecular flexibility index (Phi) is 11.7. The lowest BCUT2D eigenvalue weighted by atomic mass is 9.88. The maximum Gasteiger partial charge on any atom is 0.224 e. The molecule has 1 fully saturated rings.